The number of hydrogen-bond acceptors (Lipinski definition) is 4. The van der Waals surface area contributed by atoms with Crippen LogP contribution in [0.5, 0.6) is 11.5 Å². The summed E-state index contributed by atoms with van der Waals surface area (Å²) in [5.41, 5.74) is 0.550. The van der Waals surface area contributed by atoms with E-state index in [-0.39, 0.29) is 10.5 Å². The number of nitrogens with zero attached hydrogens (tertiary/aromatic N) is 1. The summed E-state index contributed by atoms with van der Waals surface area (Å²) in [7, 11) is 2.93. The largest absolute Gasteiger partial charge is 0.493 e. The van der Waals surface area contributed by atoms with Crippen LogP contribution < -0.4 is 9.47 Å². The molecular weight excluding hydrogens is 358 g/mol. The van der Waals surface area contributed by atoms with Crippen LogP contribution in [-0.2, 0) is 0 Å². The van der Waals surface area contributed by atoms with Crippen LogP contribution in [0.1, 0.15) is 10.4 Å². The number of halogens is 2. The van der Waals surface area contributed by atoms with Crippen molar-refractivity contribution in [1.82, 2.24) is 0 Å². The van der Waals surface area contributed by atoms with Gasteiger partial charge >= 0.3 is 0 Å². The Morgan fingerprint density at radius 1 is 1.35 bits per heavy atom. The highest BCUT2D eigenvalue weighted by molar-refractivity contribution is 9.12. The van der Waals surface area contributed by atoms with Crippen LogP contribution in [-0.4, -0.2) is 24.5 Å². The minimum atomic E-state index is -0.436. The first-order valence-electron chi connectivity index (χ1n) is 4.65. The fourth-order valence-corrected chi connectivity index (χ4v) is 2.09. The Bertz CT molecular complexity index is 425. The lowest BCUT2D eigenvalue weighted by molar-refractivity contribution is -0.385. The fraction of sp³-hybridized carbons (Fsp3) is 0.400. The molecule has 0 fully saturated rings. The summed E-state index contributed by atoms with van der Waals surface area (Å²) < 4.78 is 10.2. The number of rotatable bonds is 5. The highest BCUT2D eigenvalue weighted by Gasteiger charge is 2.23. The molecule has 0 heterocycles. The average molecular weight is 369 g/mol. The SMILES string of the molecule is COc1cc(C(Br)CBr)c([N+](=O)[O-])cc1OC. The van der Waals surface area contributed by atoms with Crippen molar-refractivity contribution in [2.24, 2.45) is 0 Å². The van der Waals surface area contributed by atoms with Crippen molar-refractivity contribution in [3.8, 4) is 11.5 Å². The summed E-state index contributed by atoms with van der Waals surface area (Å²) in [5.74, 6) is 0.815. The Labute approximate surface area is 116 Å². The van der Waals surface area contributed by atoms with Gasteiger partial charge in [0, 0.05) is 10.9 Å². The van der Waals surface area contributed by atoms with Gasteiger partial charge in [0.25, 0.3) is 5.69 Å². The molecule has 94 valence electrons. The molecule has 1 aromatic carbocycles. The summed E-state index contributed by atoms with van der Waals surface area (Å²) in [6.07, 6.45) is 0. The Morgan fingerprint density at radius 2 is 1.88 bits per heavy atom. The van der Waals surface area contributed by atoms with Crippen molar-refractivity contribution in [2.45, 2.75) is 4.83 Å². The van der Waals surface area contributed by atoms with E-state index in [9.17, 15) is 10.1 Å². The average Bonchev–Trinajstić information content (AvgIpc) is 2.35. The van der Waals surface area contributed by atoms with Crippen LogP contribution in [0.2, 0.25) is 0 Å². The third kappa shape index (κ3) is 3.10. The van der Waals surface area contributed by atoms with E-state index in [0.717, 1.165) is 0 Å². The van der Waals surface area contributed by atoms with E-state index in [0.29, 0.717) is 22.4 Å². The van der Waals surface area contributed by atoms with E-state index in [4.69, 9.17) is 9.47 Å². The maximum Gasteiger partial charge on any atom is 0.277 e. The van der Waals surface area contributed by atoms with Gasteiger partial charge in [0.1, 0.15) is 0 Å². The normalized spacial score (nSPS) is 12.0. The first-order chi connectivity index (χ1) is 8.04. The summed E-state index contributed by atoms with van der Waals surface area (Å²) in [6, 6.07) is 2.97. The van der Waals surface area contributed by atoms with Gasteiger partial charge in [-0.2, -0.15) is 0 Å². The zero-order valence-electron chi connectivity index (χ0n) is 9.28. The maximum absolute atomic E-state index is 11.0. The lowest BCUT2D eigenvalue weighted by Gasteiger charge is -2.12. The predicted octanol–water partition coefficient (Wildman–Crippen LogP) is 3.44. The second-order valence-electron chi connectivity index (χ2n) is 3.14. The highest BCUT2D eigenvalue weighted by atomic mass is 79.9. The topological polar surface area (TPSA) is 61.6 Å². The minimum Gasteiger partial charge on any atom is -0.493 e. The van der Waals surface area contributed by atoms with Gasteiger partial charge in [0.15, 0.2) is 11.5 Å². The van der Waals surface area contributed by atoms with Crippen LogP contribution in [0.4, 0.5) is 5.69 Å². The van der Waals surface area contributed by atoms with Crippen LogP contribution >= 0.6 is 31.9 Å². The van der Waals surface area contributed by atoms with E-state index in [1.165, 1.54) is 20.3 Å². The number of nitro benzene ring substituents is 1. The van der Waals surface area contributed by atoms with E-state index in [1.54, 1.807) is 6.07 Å². The fourth-order valence-electron chi connectivity index (χ4n) is 1.38. The van der Waals surface area contributed by atoms with Gasteiger partial charge in [-0.1, -0.05) is 31.9 Å². The standard InChI is InChI=1S/C10H11Br2NO4/c1-16-9-3-6(7(12)5-11)8(13(14)15)4-10(9)17-2/h3-4,7H,5H2,1-2H3. The van der Waals surface area contributed by atoms with Gasteiger partial charge in [0.05, 0.1) is 30.0 Å². The monoisotopic (exact) mass is 367 g/mol. The minimum absolute atomic E-state index is 0.00368. The maximum atomic E-state index is 11.0. The Balaban J connectivity index is 3.40. The number of ether oxygens (including phenoxy) is 2. The van der Waals surface area contributed by atoms with Gasteiger partial charge in [-0.3, -0.25) is 10.1 Å². The molecule has 5 nitrogen and oxygen atoms in total. The number of methoxy groups -OCH3 is 2. The molecule has 0 spiro atoms. The third-order valence-electron chi connectivity index (χ3n) is 2.20. The van der Waals surface area contributed by atoms with Gasteiger partial charge in [-0.25, -0.2) is 0 Å². The number of hydrogen-bond donors (Lipinski definition) is 0. The lowest BCUT2D eigenvalue weighted by Crippen LogP contribution is -2.01. The van der Waals surface area contributed by atoms with E-state index in [1.807, 2.05) is 0 Å². The molecule has 0 aromatic heterocycles. The first kappa shape index (κ1) is 14.2. The molecule has 0 radical (unpaired) electrons. The molecule has 0 saturated heterocycles. The molecular formula is C10H11Br2NO4. The highest BCUT2D eigenvalue weighted by Crippen LogP contribution is 2.40. The molecule has 0 amide bonds. The number of alkyl halides is 2. The van der Waals surface area contributed by atoms with Gasteiger partial charge in [0.2, 0.25) is 0 Å². The molecule has 0 saturated carbocycles. The van der Waals surface area contributed by atoms with Crippen molar-refractivity contribution in [1.29, 1.82) is 0 Å². The number of benzene rings is 1. The van der Waals surface area contributed by atoms with Crippen molar-refractivity contribution >= 4 is 37.5 Å². The van der Waals surface area contributed by atoms with E-state index < -0.39 is 4.92 Å². The zero-order chi connectivity index (χ0) is 13.0. The summed E-state index contributed by atoms with van der Waals surface area (Å²) in [5, 5.41) is 11.5. The molecule has 0 aliphatic carbocycles. The smallest absolute Gasteiger partial charge is 0.277 e. The van der Waals surface area contributed by atoms with Gasteiger partial charge < -0.3 is 9.47 Å². The molecule has 1 rings (SSSR count). The summed E-state index contributed by atoms with van der Waals surface area (Å²) >= 11 is 6.64. The van der Waals surface area contributed by atoms with Crippen molar-refractivity contribution in [2.75, 3.05) is 19.5 Å². The molecule has 1 unspecified atom stereocenters. The Kier molecular flexibility index (Phi) is 5.20. The lowest BCUT2D eigenvalue weighted by atomic mass is 10.1. The van der Waals surface area contributed by atoms with Crippen molar-refractivity contribution < 1.29 is 14.4 Å². The molecule has 0 N–H and O–H groups in total. The van der Waals surface area contributed by atoms with Gasteiger partial charge in [-0.05, 0) is 6.07 Å². The predicted molar refractivity (Wildman–Crippen MR) is 71.7 cm³/mol. The third-order valence-corrected chi connectivity index (χ3v) is 4.54. The van der Waals surface area contributed by atoms with Crippen LogP contribution in [0.15, 0.2) is 12.1 Å². The van der Waals surface area contributed by atoms with Crippen molar-refractivity contribution in [3.63, 3.8) is 0 Å². The Morgan fingerprint density at radius 3 is 2.29 bits per heavy atom. The summed E-state index contributed by atoms with van der Waals surface area (Å²) in [6.45, 7) is 0. The van der Waals surface area contributed by atoms with Crippen LogP contribution in [0.25, 0.3) is 0 Å². The van der Waals surface area contributed by atoms with Gasteiger partial charge in [-0.15, -0.1) is 0 Å². The van der Waals surface area contributed by atoms with Crippen molar-refractivity contribution in [3.05, 3.63) is 27.8 Å². The number of nitro groups is 1. The molecule has 0 aliphatic rings. The molecule has 17 heavy (non-hydrogen) atoms. The second-order valence-corrected chi connectivity index (χ2v) is 4.90. The quantitative estimate of drug-likeness (QED) is 0.453. The van der Waals surface area contributed by atoms with E-state index >= 15 is 0 Å². The molecule has 0 aliphatic heterocycles. The van der Waals surface area contributed by atoms with Crippen LogP contribution in [0.3, 0.4) is 0 Å². The Hall–Kier alpha value is -0.820. The molecule has 1 aromatic rings. The zero-order valence-corrected chi connectivity index (χ0v) is 12.4. The molecule has 0 bridgehead atoms. The van der Waals surface area contributed by atoms with Crippen LogP contribution in [0, 0.1) is 10.1 Å². The second kappa shape index (κ2) is 6.20. The van der Waals surface area contributed by atoms with E-state index in [2.05, 4.69) is 31.9 Å². The first-order valence-corrected chi connectivity index (χ1v) is 6.69. The molecule has 7 heteroatoms. The summed E-state index contributed by atoms with van der Waals surface area (Å²) in [4.78, 5) is 10.4. The molecule has 1 atom stereocenters.